The fraction of sp³-hybridized carbons (Fsp3) is 1.00. The summed E-state index contributed by atoms with van der Waals surface area (Å²) in [5, 5.41) is 8.93. The first kappa shape index (κ1) is 8.02. The molecule has 10 heavy (non-hydrogen) atoms. The second-order valence-corrected chi connectivity index (χ2v) is 3.47. The van der Waals surface area contributed by atoms with Gasteiger partial charge in [0.25, 0.3) is 0 Å². The van der Waals surface area contributed by atoms with Gasteiger partial charge in [-0.1, -0.05) is 6.92 Å². The highest BCUT2D eigenvalue weighted by atomic mass is 16.3. The number of hydrogen-bond donors (Lipinski definition) is 1. The van der Waals surface area contributed by atoms with Crippen LogP contribution in [0.2, 0.25) is 0 Å². The number of aliphatic hydroxyl groups is 1. The number of rotatable bonds is 1. The van der Waals surface area contributed by atoms with Crippen molar-refractivity contribution in [3.63, 3.8) is 0 Å². The van der Waals surface area contributed by atoms with Gasteiger partial charge in [-0.25, -0.2) is 0 Å². The molecule has 1 aliphatic rings. The summed E-state index contributed by atoms with van der Waals surface area (Å²) in [4.78, 5) is 2.33. The summed E-state index contributed by atoms with van der Waals surface area (Å²) in [5.74, 6) is 1.22. The molecule has 0 radical (unpaired) electrons. The molecule has 1 heterocycles. The summed E-state index contributed by atoms with van der Waals surface area (Å²) in [5.41, 5.74) is 0. The quantitative estimate of drug-likeness (QED) is 0.580. The smallest absolute Gasteiger partial charge is 0.0462 e. The molecule has 0 bridgehead atoms. The lowest BCUT2D eigenvalue weighted by molar-refractivity contribution is 0.0990. The molecule has 1 rings (SSSR count). The SMILES string of the molecule is CC1CN(C)CC[C@H]1CO. The number of piperidine rings is 1. The van der Waals surface area contributed by atoms with Crippen LogP contribution in [-0.4, -0.2) is 36.8 Å². The first-order valence-electron chi connectivity index (χ1n) is 4.03. The lowest BCUT2D eigenvalue weighted by Crippen LogP contribution is -2.37. The van der Waals surface area contributed by atoms with Crippen LogP contribution in [0.1, 0.15) is 13.3 Å². The average Bonchev–Trinajstić information content (AvgIpc) is 1.88. The number of aliphatic hydroxyl groups excluding tert-OH is 1. The minimum Gasteiger partial charge on any atom is -0.396 e. The van der Waals surface area contributed by atoms with Crippen LogP contribution in [0.15, 0.2) is 0 Å². The van der Waals surface area contributed by atoms with Gasteiger partial charge >= 0.3 is 0 Å². The molecule has 0 aromatic heterocycles. The minimum absolute atomic E-state index is 0.370. The molecular weight excluding hydrogens is 126 g/mol. The van der Waals surface area contributed by atoms with Crippen LogP contribution in [0, 0.1) is 11.8 Å². The largest absolute Gasteiger partial charge is 0.396 e. The van der Waals surface area contributed by atoms with E-state index in [9.17, 15) is 0 Å². The Hall–Kier alpha value is -0.0800. The zero-order chi connectivity index (χ0) is 7.56. The van der Waals surface area contributed by atoms with Crippen molar-refractivity contribution in [3.8, 4) is 0 Å². The zero-order valence-corrected chi connectivity index (χ0v) is 6.88. The lowest BCUT2D eigenvalue weighted by atomic mass is 9.88. The zero-order valence-electron chi connectivity index (χ0n) is 6.88. The van der Waals surface area contributed by atoms with Gasteiger partial charge in [0.2, 0.25) is 0 Å². The molecule has 0 amide bonds. The molecule has 60 valence electrons. The van der Waals surface area contributed by atoms with Gasteiger partial charge in [0.05, 0.1) is 0 Å². The Bertz CT molecular complexity index is 105. The van der Waals surface area contributed by atoms with Crippen molar-refractivity contribution < 1.29 is 5.11 Å². The monoisotopic (exact) mass is 143 g/mol. The van der Waals surface area contributed by atoms with Gasteiger partial charge in [-0.15, -0.1) is 0 Å². The van der Waals surface area contributed by atoms with Gasteiger partial charge in [0.1, 0.15) is 0 Å². The first-order valence-corrected chi connectivity index (χ1v) is 4.03. The molecule has 0 saturated carbocycles. The van der Waals surface area contributed by atoms with Crippen LogP contribution in [0.5, 0.6) is 0 Å². The highest BCUT2D eigenvalue weighted by Gasteiger charge is 2.22. The molecule has 1 aliphatic heterocycles. The molecule has 0 aromatic rings. The van der Waals surface area contributed by atoms with E-state index in [-0.39, 0.29) is 0 Å². The van der Waals surface area contributed by atoms with E-state index in [1.54, 1.807) is 0 Å². The van der Waals surface area contributed by atoms with E-state index >= 15 is 0 Å². The first-order chi connectivity index (χ1) is 4.74. The van der Waals surface area contributed by atoms with E-state index in [4.69, 9.17) is 5.11 Å². The second-order valence-electron chi connectivity index (χ2n) is 3.47. The average molecular weight is 143 g/mol. The van der Waals surface area contributed by atoms with E-state index in [1.807, 2.05) is 0 Å². The van der Waals surface area contributed by atoms with Crippen molar-refractivity contribution in [2.45, 2.75) is 13.3 Å². The molecule has 2 heteroatoms. The topological polar surface area (TPSA) is 23.5 Å². The van der Waals surface area contributed by atoms with Crippen LogP contribution in [-0.2, 0) is 0 Å². The van der Waals surface area contributed by atoms with E-state index < -0.39 is 0 Å². The Morgan fingerprint density at radius 1 is 1.60 bits per heavy atom. The van der Waals surface area contributed by atoms with Gasteiger partial charge < -0.3 is 10.0 Å². The maximum atomic E-state index is 8.93. The van der Waals surface area contributed by atoms with Crippen LogP contribution >= 0.6 is 0 Å². The molecule has 1 unspecified atom stereocenters. The van der Waals surface area contributed by atoms with Crippen LogP contribution in [0.25, 0.3) is 0 Å². The Morgan fingerprint density at radius 3 is 2.80 bits per heavy atom. The Morgan fingerprint density at radius 2 is 2.30 bits per heavy atom. The second kappa shape index (κ2) is 3.35. The standard InChI is InChI=1S/C8H17NO/c1-7-5-9(2)4-3-8(7)6-10/h7-8,10H,3-6H2,1-2H3/t7?,8-/m0/s1. The Kier molecular flexibility index (Phi) is 2.69. The number of likely N-dealkylation sites (tertiary alicyclic amines) is 1. The molecule has 0 aliphatic carbocycles. The fourth-order valence-corrected chi connectivity index (χ4v) is 1.67. The third-order valence-corrected chi connectivity index (χ3v) is 2.52. The van der Waals surface area contributed by atoms with Crippen molar-refractivity contribution in [2.24, 2.45) is 11.8 Å². The maximum absolute atomic E-state index is 8.93. The molecule has 2 nitrogen and oxygen atoms in total. The summed E-state index contributed by atoms with van der Waals surface area (Å²) in [6.07, 6.45) is 1.16. The minimum atomic E-state index is 0.370. The van der Waals surface area contributed by atoms with Crippen molar-refractivity contribution in [1.82, 2.24) is 4.90 Å². The normalized spacial score (nSPS) is 36.3. The number of hydrogen-bond acceptors (Lipinski definition) is 2. The molecule has 0 aromatic carbocycles. The van der Waals surface area contributed by atoms with E-state index in [1.165, 1.54) is 0 Å². The number of nitrogens with zero attached hydrogens (tertiary/aromatic N) is 1. The molecule has 0 spiro atoms. The Balaban J connectivity index is 2.36. The van der Waals surface area contributed by atoms with Gasteiger partial charge in [-0.3, -0.25) is 0 Å². The molecular formula is C8H17NO. The van der Waals surface area contributed by atoms with Crippen LogP contribution < -0.4 is 0 Å². The van der Waals surface area contributed by atoms with Crippen LogP contribution in [0.4, 0.5) is 0 Å². The summed E-state index contributed by atoms with van der Waals surface area (Å²) in [6, 6.07) is 0. The molecule has 1 saturated heterocycles. The molecule has 2 atom stereocenters. The third-order valence-electron chi connectivity index (χ3n) is 2.52. The van der Waals surface area contributed by atoms with Crippen molar-refractivity contribution in [1.29, 1.82) is 0 Å². The summed E-state index contributed by atoms with van der Waals surface area (Å²) in [7, 11) is 2.14. The van der Waals surface area contributed by atoms with Crippen molar-refractivity contribution in [2.75, 3.05) is 26.7 Å². The van der Waals surface area contributed by atoms with Gasteiger partial charge in [-0.05, 0) is 31.8 Å². The molecule has 1 fully saturated rings. The van der Waals surface area contributed by atoms with E-state index in [0.717, 1.165) is 19.5 Å². The predicted octanol–water partition coefficient (Wildman–Crippen LogP) is 0.567. The fourth-order valence-electron chi connectivity index (χ4n) is 1.67. The molecule has 1 N–H and O–H groups in total. The Labute approximate surface area is 62.8 Å². The van der Waals surface area contributed by atoms with E-state index in [0.29, 0.717) is 18.4 Å². The maximum Gasteiger partial charge on any atom is 0.0462 e. The van der Waals surface area contributed by atoms with Crippen molar-refractivity contribution >= 4 is 0 Å². The van der Waals surface area contributed by atoms with Gasteiger partial charge in [0, 0.05) is 13.2 Å². The lowest BCUT2D eigenvalue weighted by Gasteiger charge is -2.33. The van der Waals surface area contributed by atoms with Gasteiger partial charge in [0.15, 0.2) is 0 Å². The predicted molar refractivity (Wildman–Crippen MR) is 41.9 cm³/mol. The van der Waals surface area contributed by atoms with E-state index in [2.05, 4.69) is 18.9 Å². The summed E-state index contributed by atoms with van der Waals surface area (Å²) >= 11 is 0. The van der Waals surface area contributed by atoms with Crippen molar-refractivity contribution in [3.05, 3.63) is 0 Å². The summed E-state index contributed by atoms with van der Waals surface area (Å²) < 4.78 is 0. The highest BCUT2D eigenvalue weighted by Crippen LogP contribution is 2.21. The van der Waals surface area contributed by atoms with Gasteiger partial charge in [-0.2, -0.15) is 0 Å². The highest BCUT2D eigenvalue weighted by molar-refractivity contribution is 4.74. The van der Waals surface area contributed by atoms with Crippen LogP contribution in [0.3, 0.4) is 0 Å². The summed E-state index contributed by atoms with van der Waals surface area (Å²) in [6.45, 7) is 4.88. The third kappa shape index (κ3) is 1.70.